The lowest BCUT2D eigenvalue weighted by molar-refractivity contribution is -0.141. The second-order valence-electron chi connectivity index (χ2n) is 9.23. The van der Waals surface area contributed by atoms with Gasteiger partial charge in [-0.3, -0.25) is 13.9 Å². The van der Waals surface area contributed by atoms with Gasteiger partial charge >= 0.3 is 0 Å². The molecule has 0 radical (unpaired) electrons. The van der Waals surface area contributed by atoms with Gasteiger partial charge in [0.05, 0.1) is 19.1 Å². The second-order valence-corrected chi connectivity index (χ2v) is 11.1. The van der Waals surface area contributed by atoms with Crippen molar-refractivity contribution in [1.29, 1.82) is 0 Å². The number of methoxy groups -OCH3 is 1. The molecule has 1 N–H and O–H groups in total. The van der Waals surface area contributed by atoms with Crippen molar-refractivity contribution in [2.45, 2.75) is 65.6 Å². The largest absolute Gasteiger partial charge is 0.497 e. The minimum atomic E-state index is -3.57. The number of nitrogens with zero attached hydrogens (tertiary/aromatic N) is 2. The zero-order valence-electron chi connectivity index (χ0n) is 22.2. The standard InChI is InChI=1S/C27H39N3O5S/c1-7-25(27(32)28-20(2)3)29(19-22-15-13-21(4)14-16-22)26(31)12-9-17-30(36(6,33)34)23-10-8-11-24(18-23)35-5/h8,10-11,13-16,18,20,25H,7,9,12,17,19H2,1-6H3,(H,28,32). The average molecular weight is 518 g/mol. The molecule has 0 fully saturated rings. The molecule has 0 aliphatic heterocycles. The van der Waals surface area contributed by atoms with E-state index in [9.17, 15) is 18.0 Å². The topological polar surface area (TPSA) is 96.0 Å². The first-order valence-corrected chi connectivity index (χ1v) is 14.1. The van der Waals surface area contributed by atoms with E-state index in [0.717, 1.165) is 17.4 Å². The number of rotatable bonds is 13. The number of hydrogen-bond acceptors (Lipinski definition) is 5. The first kappa shape index (κ1) is 29.2. The molecule has 0 saturated heterocycles. The number of sulfonamides is 1. The summed E-state index contributed by atoms with van der Waals surface area (Å²) in [5.41, 5.74) is 2.52. The van der Waals surface area contributed by atoms with Crippen LogP contribution in [0.1, 0.15) is 51.2 Å². The molecule has 0 heterocycles. The Labute approximate surface area is 215 Å². The summed E-state index contributed by atoms with van der Waals surface area (Å²) in [5, 5.41) is 2.92. The van der Waals surface area contributed by atoms with Crippen molar-refractivity contribution >= 4 is 27.5 Å². The Morgan fingerprint density at radius 2 is 1.75 bits per heavy atom. The smallest absolute Gasteiger partial charge is 0.243 e. The summed E-state index contributed by atoms with van der Waals surface area (Å²) in [6, 6.07) is 14.0. The predicted octanol–water partition coefficient (Wildman–Crippen LogP) is 3.88. The van der Waals surface area contributed by atoms with Crippen LogP contribution >= 0.6 is 0 Å². The summed E-state index contributed by atoms with van der Waals surface area (Å²) in [6.07, 6.45) is 2.01. The number of ether oxygens (including phenoxy) is 1. The highest BCUT2D eigenvalue weighted by Crippen LogP contribution is 2.24. The molecule has 2 amide bonds. The zero-order chi connectivity index (χ0) is 26.9. The van der Waals surface area contributed by atoms with Crippen LogP contribution < -0.4 is 14.4 Å². The number of benzene rings is 2. The fourth-order valence-corrected chi connectivity index (χ4v) is 4.92. The molecule has 0 bridgehead atoms. The summed E-state index contributed by atoms with van der Waals surface area (Å²) in [5.74, 6) is 0.158. The van der Waals surface area contributed by atoms with Crippen LogP contribution in [0.2, 0.25) is 0 Å². The van der Waals surface area contributed by atoms with Crippen molar-refractivity contribution in [3.8, 4) is 5.75 Å². The SMILES string of the molecule is CCC(C(=O)NC(C)C)N(Cc1ccc(C)cc1)C(=O)CCCN(c1cccc(OC)c1)S(C)(=O)=O. The monoisotopic (exact) mass is 517 g/mol. The molecule has 2 aromatic rings. The van der Waals surface area contributed by atoms with Crippen LogP contribution in [0.5, 0.6) is 5.75 Å². The molecule has 0 aliphatic rings. The van der Waals surface area contributed by atoms with Gasteiger partial charge in [0, 0.05) is 31.6 Å². The van der Waals surface area contributed by atoms with Crippen molar-refractivity contribution in [1.82, 2.24) is 10.2 Å². The normalized spacial score (nSPS) is 12.2. The van der Waals surface area contributed by atoms with Gasteiger partial charge in [0.25, 0.3) is 0 Å². The van der Waals surface area contributed by atoms with Crippen molar-refractivity contribution in [2.75, 3.05) is 24.2 Å². The van der Waals surface area contributed by atoms with Crippen LogP contribution in [0.15, 0.2) is 48.5 Å². The molecule has 0 aromatic heterocycles. The van der Waals surface area contributed by atoms with Crippen LogP contribution in [0.3, 0.4) is 0 Å². The van der Waals surface area contributed by atoms with Crippen LogP contribution in [0.4, 0.5) is 5.69 Å². The molecule has 2 rings (SSSR count). The van der Waals surface area contributed by atoms with Gasteiger partial charge < -0.3 is 15.0 Å². The number of aryl methyl sites for hydroxylation is 1. The van der Waals surface area contributed by atoms with Gasteiger partial charge in [-0.05, 0) is 51.3 Å². The Morgan fingerprint density at radius 1 is 1.08 bits per heavy atom. The molecule has 0 saturated carbocycles. The fraction of sp³-hybridized carbons (Fsp3) is 0.481. The lowest BCUT2D eigenvalue weighted by Gasteiger charge is -2.31. The third-order valence-electron chi connectivity index (χ3n) is 5.78. The van der Waals surface area contributed by atoms with Gasteiger partial charge in [-0.2, -0.15) is 0 Å². The molecule has 2 aromatic carbocycles. The maximum absolute atomic E-state index is 13.4. The third-order valence-corrected chi connectivity index (χ3v) is 6.98. The lowest BCUT2D eigenvalue weighted by Crippen LogP contribution is -2.50. The van der Waals surface area contributed by atoms with Crippen molar-refractivity contribution < 1.29 is 22.7 Å². The van der Waals surface area contributed by atoms with E-state index in [-0.39, 0.29) is 30.8 Å². The Morgan fingerprint density at radius 3 is 2.31 bits per heavy atom. The van der Waals surface area contributed by atoms with E-state index in [1.54, 1.807) is 29.2 Å². The number of nitrogens with one attached hydrogen (secondary N) is 1. The Balaban J connectivity index is 2.22. The molecule has 1 unspecified atom stereocenters. The average Bonchev–Trinajstić information content (AvgIpc) is 2.81. The van der Waals surface area contributed by atoms with Crippen LogP contribution in [-0.2, 0) is 26.2 Å². The van der Waals surface area contributed by atoms with Crippen LogP contribution in [0.25, 0.3) is 0 Å². The summed E-state index contributed by atoms with van der Waals surface area (Å²) >= 11 is 0. The van der Waals surface area contributed by atoms with Gasteiger partial charge in [-0.1, -0.05) is 42.8 Å². The molecule has 9 heteroatoms. The molecule has 1 atom stereocenters. The zero-order valence-corrected chi connectivity index (χ0v) is 23.0. The highest BCUT2D eigenvalue weighted by Gasteiger charge is 2.29. The number of amides is 2. The Bertz CT molecular complexity index is 1120. The number of hydrogen-bond donors (Lipinski definition) is 1. The van der Waals surface area contributed by atoms with Crippen molar-refractivity contribution in [3.05, 3.63) is 59.7 Å². The number of carbonyl (C=O) groups excluding carboxylic acids is 2. The molecule has 36 heavy (non-hydrogen) atoms. The Kier molecular flexibility index (Phi) is 10.8. The second kappa shape index (κ2) is 13.3. The van der Waals surface area contributed by atoms with Gasteiger partial charge in [0.2, 0.25) is 21.8 Å². The molecular weight excluding hydrogens is 478 g/mol. The molecule has 8 nitrogen and oxygen atoms in total. The highest BCUT2D eigenvalue weighted by molar-refractivity contribution is 7.92. The van der Waals surface area contributed by atoms with Crippen molar-refractivity contribution in [2.24, 2.45) is 0 Å². The minimum absolute atomic E-state index is 0.0472. The quantitative estimate of drug-likeness (QED) is 0.435. The summed E-state index contributed by atoms with van der Waals surface area (Å²) in [4.78, 5) is 28.0. The lowest BCUT2D eigenvalue weighted by atomic mass is 10.1. The molecule has 0 spiro atoms. The van der Waals surface area contributed by atoms with E-state index < -0.39 is 16.1 Å². The summed E-state index contributed by atoms with van der Waals surface area (Å²) < 4.78 is 31.5. The van der Waals surface area contributed by atoms with Gasteiger partial charge in [-0.25, -0.2) is 8.42 Å². The maximum atomic E-state index is 13.4. The van der Waals surface area contributed by atoms with E-state index in [0.29, 0.717) is 30.8 Å². The predicted molar refractivity (Wildman–Crippen MR) is 144 cm³/mol. The number of carbonyl (C=O) groups is 2. The van der Waals surface area contributed by atoms with Crippen molar-refractivity contribution in [3.63, 3.8) is 0 Å². The van der Waals surface area contributed by atoms with Gasteiger partial charge in [0.15, 0.2) is 0 Å². The summed E-state index contributed by atoms with van der Waals surface area (Å²) in [6.45, 7) is 8.08. The molecule has 0 aliphatic carbocycles. The fourth-order valence-electron chi connectivity index (χ4n) is 3.96. The minimum Gasteiger partial charge on any atom is -0.497 e. The van der Waals surface area contributed by atoms with E-state index >= 15 is 0 Å². The first-order valence-electron chi connectivity index (χ1n) is 12.2. The van der Waals surface area contributed by atoms with E-state index in [2.05, 4.69) is 5.32 Å². The first-order chi connectivity index (χ1) is 17.0. The van der Waals surface area contributed by atoms with Gasteiger partial charge in [0.1, 0.15) is 11.8 Å². The molecular formula is C27H39N3O5S. The Hall–Kier alpha value is -3.07. The van der Waals surface area contributed by atoms with E-state index in [1.807, 2.05) is 52.0 Å². The highest BCUT2D eigenvalue weighted by atomic mass is 32.2. The van der Waals surface area contributed by atoms with Crippen LogP contribution in [-0.4, -0.2) is 57.1 Å². The van der Waals surface area contributed by atoms with E-state index in [1.165, 1.54) is 11.4 Å². The maximum Gasteiger partial charge on any atom is 0.243 e. The van der Waals surface area contributed by atoms with E-state index in [4.69, 9.17) is 4.74 Å². The third kappa shape index (κ3) is 8.55. The number of anilines is 1. The summed E-state index contributed by atoms with van der Waals surface area (Å²) in [7, 11) is -2.05. The van der Waals surface area contributed by atoms with Gasteiger partial charge in [-0.15, -0.1) is 0 Å². The molecule has 198 valence electrons. The van der Waals surface area contributed by atoms with Crippen LogP contribution in [0, 0.1) is 6.92 Å².